The third-order valence-corrected chi connectivity index (χ3v) is 2.09. The van der Waals surface area contributed by atoms with Crippen LogP contribution in [0.4, 0.5) is 17.6 Å². The molecule has 1 aromatic heterocycles. The molecule has 100 valence electrons. The molecule has 1 amide bonds. The van der Waals surface area contributed by atoms with E-state index in [0.717, 1.165) is 0 Å². The van der Waals surface area contributed by atoms with Crippen molar-refractivity contribution in [3.8, 4) is 0 Å². The van der Waals surface area contributed by atoms with Gasteiger partial charge in [0.1, 0.15) is 0 Å². The summed E-state index contributed by atoms with van der Waals surface area (Å²) in [5.41, 5.74) is 5.72. The molecular formula is C10H11F4N3O. The first-order valence-corrected chi connectivity index (χ1v) is 4.96. The third-order valence-electron chi connectivity index (χ3n) is 2.09. The SMILES string of the molecule is NCc1cc(C(=O)NCC(F)(F)C(F)F)ccn1. The summed E-state index contributed by atoms with van der Waals surface area (Å²) in [5.74, 6) is -5.13. The van der Waals surface area contributed by atoms with Crippen LogP contribution in [-0.2, 0) is 6.54 Å². The van der Waals surface area contributed by atoms with Crippen LogP contribution < -0.4 is 11.1 Å². The Morgan fingerprint density at radius 1 is 1.50 bits per heavy atom. The van der Waals surface area contributed by atoms with Gasteiger partial charge in [0.15, 0.2) is 0 Å². The lowest BCUT2D eigenvalue weighted by molar-refractivity contribution is -0.123. The minimum Gasteiger partial charge on any atom is -0.346 e. The van der Waals surface area contributed by atoms with Crippen LogP contribution in [0.25, 0.3) is 0 Å². The molecule has 0 atom stereocenters. The summed E-state index contributed by atoms with van der Waals surface area (Å²) in [6.07, 6.45) is -2.54. The number of aromatic nitrogens is 1. The van der Waals surface area contributed by atoms with E-state index in [4.69, 9.17) is 5.73 Å². The number of nitrogens with two attached hydrogens (primary N) is 1. The summed E-state index contributed by atoms with van der Waals surface area (Å²) in [5, 5.41) is 1.73. The number of amides is 1. The summed E-state index contributed by atoms with van der Waals surface area (Å²) in [4.78, 5) is 15.2. The second-order valence-electron chi connectivity index (χ2n) is 3.48. The van der Waals surface area contributed by atoms with Gasteiger partial charge in [0.25, 0.3) is 5.91 Å². The molecule has 3 N–H and O–H groups in total. The largest absolute Gasteiger partial charge is 0.346 e. The predicted octanol–water partition coefficient (Wildman–Crippen LogP) is 1.17. The molecule has 0 saturated carbocycles. The van der Waals surface area contributed by atoms with E-state index in [-0.39, 0.29) is 12.1 Å². The Kier molecular flexibility index (Phi) is 4.60. The summed E-state index contributed by atoms with van der Waals surface area (Å²) in [7, 11) is 0. The quantitative estimate of drug-likeness (QED) is 0.785. The highest BCUT2D eigenvalue weighted by atomic mass is 19.3. The van der Waals surface area contributed by atoms with Gasteiger partial charge in [-0.25, -0.2) is 8.78 Å². The monoisotopic (exact) mass is 265 g/mol. The normalized spacial score (nSPS) is 11.7. The molecule has 0 aliphatic carbocycles. The van der Waals surface area contributed by atoms with Crippen LogP contribution in [-0.4, -0.2) is 29.8 Å². The number of carbonyl (C=O) groups excluding carboxylic acids is 1. The summed E-state index contributed by atoms with van der Waals surface area (Å²) < 4.78 is 48.9. The van der Waals surface area contributed by atoms with Gasteiger partial charge >= 0.3 is 12.3 Å². The molecule has 0 radical (unpaired) electrons. The molecule has 0 fully saturated rings. The molecule has 1 heterocycles. The highest BCUT2D eigenvalue weighted by molar-refractivity contribution is 5.94. The molecule has 1 aromatic rings. The molecule has 0 aliphatic heterocycles. The number of alkyl halides is 4. The molecule has 8 heteroatoms. The fraction of sp³-hybridized carbons (Fsp3) is 0.400. The maximum absolute atomic E-state index is 12.6. The van der Waals surface area contributed by atoms with E-state index in [0.29, 0.717) is 5.69 Å². The summed E-state index contributed by atoms with van der Waals surface area (Å²) in [6.45, 7) is -1.35. The van der Waals surface area contributed by atoms with E-state index in [1.165, 1.54) is 18.3 Å². The lowest BCUT2D eigenvalue weighted by atomic mass is 10.2. The number of nitrogens with one attached hydrogen (secondary N) is 1. The number of nitrogens with zero attached hydrogens (tertiary/aromatic N) is 1. The van der Waals surface area contributed by atoms with Crippen molar-refractivity contribution in [3.05, 3.63) is 29.6 Å². The Bertz CT molecular complexity index is 425. The average Bonchev–Trinajstić information content (AvgIpc) is 2.36. The van der Waals surface area contributed by atoms with Crippen LogP contribution in [0.15, 0.2) is 18.3 Å². The van der Waals surface area contributed by atoms with Crippen LogP contribution in [0, 0.1) is 0 Å². The molecule has 0 aromatic carbocycles. The number of hydrogen-bond acceptors (Lipinski definition) is 3. The molecule has 4 nitrogen and oxygen atoms in total. The van der Waals surface area contributed by atoms with E-state index < -0.39 is 24.8 Å². The second-order valence-corrected chi connectivity index (χ2v) is 3.48. The van der Waals surface area contributed by atoms with Crippen LogP contribution in [0.5, 0.6) is 0 Å². The van der Waals surface area contributed by atoms with Gasteiger partial charge in [0, 0.05) is 18.3 Å². The van der Waals surface area contributed by atoms with Gasteiger partial charge in [-0.05, 0) is 12.1 Å². The van der Waals surface area contributed by atoms with E-state index in [1.54, 1.807) is 5.32 Å². The zero-order chi connectivity index (χ0) is 13.8. The highest BCUT2D eigenvalue weighted by Crippen LogP contribution is 2.21. The number of halogens is 4. The summed E-state index contributed by atoms with van der Waals surface area (Å²) in [6, 6.07) is 2.57. The second kappa shape index (κ2) is 5.76. The fourth-order valence-corrected chi connectivity index (χ4v) is 1.11. The van der Waals surface area contributed by atoms with Crippen LogP contribution in [0.3, 0.4) is 0 Å². The Morgan fingerprint density at radius 3 is 2.72 bits per heavy atom. The fourth-order valence-electron chi connectivity index (χ4n) is 1.11. The maximum atomic E-state index is 12.6. The first-order chi connectivity index (χ1) is 8.36. The first kappa shape index (κ1) is 14.4. The molecule has 1 rings (SSSR count). The van der Waals surface area contributed by atoms with E-state index in [1.807, 2.05) is 0 Å². The molecule has 0 unspecified atom stereocenters. The lowest BCUT2D eigenvalue weighted by Gasteiger charge is -2.15. The average molecular weight is 265 g/mol. The van der Waals surface area contributed by atoms with Crippen molar-refractivity contribution in [1.29, 1.82) is 0 Å². The number of rotatable bonds is 5. The molecule has 0 saturated heterocycles. The van der Waals surface area contributed by atoms with E-state index in [2.05, 4.69) is 4.98 Å². The van der Waals surface area contributed by atoms with Gasteiger partial charge in [-0.15, -0.1) is 0 Å². The van der Waals surface area contributed by atoms with Crippen molar-refractivity contribution in [1.82, 2.24) is 10.3 Å². The van der Waals surface area contributed by atoms with Crippen molar-refractivity contribution in [2.75, 3.05) is 6.54 Å². The van der Waals surface area contributed by atoms with Crippen molar-refractivity contribution >= 4 is 5.91 Å². The van der Waals surface area contributed by atoms with Crippen molar-refractivity contribution in [2.45, 2.75) is 18.9 Å². The van der Waals surface area contributed by atoms with Gasteiger partial charge in [-0.2, -0.15) is 8.78 Å². The Morgan fingerprint density at radius 2 is 2.17 bits per heavy atom. The van der Waals surface area contributed by atoms with Crippen LogP contribution >= 0.6 is 0 Å². The van der Waals surface area contributed by atoms with Crippen molar-refractivity contribution in [3.63, 3.8) is 0 Å². The van der Waals surface area contributed by atoms with Gasteiger partial charge < -0.3 is 11.1 Å². The molecule has 0 spiro atoms. The van der Waals surface area contributed by atoms with Crippen molar-refractivity contribution in [2.24, 2.45) is 5.73 Å². The number of hydrogen-bond donors (Lipinski definition) is 2. The van der Waals surface area contributed by atoms with E-state index in [9.17, 15) is 22.4 Å². The third kappa shape index (κ3) is 3.66. The Labute approximate surface area is 100 Å². The van der Waals surface area contributed by atoms with Gasteiger partial charge in [-0.1, -0.05) is 0 Å². The standard InChI is InChI=1S/C10H11F4N3O/c11-9(12)10(13,14)5-17-8(18)6-1-2-16-7(3-6)4-15/h1-3,9H,4-5,15H2,(H,17,18). The maximum Gasteiger partial charge on any atom is 0.324 e. The minimum atomic E-state index is -4.25. The number of carbonyl (C=O) groups is 1. The topological polar surface area (TPSA) is 68.0 Å². The van der Waals surface area contributed by atoms with Gasteiger partial charge in [0.05, 0.1) is 12.2 Å². The zero-order valence-electron chi connectivity index (χ0n) is 9.17. The van der Waals surface area contributed by atoms with Gasteiger partial charge in [0.2, 0.25) is 0 Å². The zero-order valence-corrected chi connectivity index (χ0v) is 9.17. The highest BCUT2D eigenvalue weighted by Gasteiger charge is 2.40. The predicted molar refractivity (Wildman–Crippen MR) is 55.4 cm³/mol. The summed E-state index contributed by atoms with van der Waals surface area (Å²) >= 11 is 0. The van der Waals surface area contributed by atoms with Crippen molar-refractivity contribution < 1.29 is 22.4 Å². The minimum absolute atomic E-state index is 0.0375. The Hall–Kier alpha value is -1.70. The van der Waals surface area contributed by atoms with Crippen LogP contribution in [0.1, 0.15) is 16.1 Å². The van der Waals surface area contributed by atoms with Gasteiger partial charge in [-0.3, -0.25) is 9.78 Å². The molecule has 18 heavy (non-hydrogen) atoms. The lowest BCUT2D eigenvalue weighted by Crippen LogP contribution is -2.41. The molecule has 0 bridgehead atoms. The smallest absolute Gasteiger partial charge is 0.324 e. The van der Waals surface area contributed by atoms with E-state index >= 15 is 0 Å². The van der Waals surface area contributed by atoms with Crippen LogP contribution in [0.2, 0.25) is 0 Å². The molecule has 0 aliphatic rings. The number of pyridine rings is 1. The molecular weight excluding hydrogens is 254 g/mol. The first-order valence-electron chi connectivity index (χ1n) is 4.96. The Balaban J connectivity index is 2.66.